The quantitative estimate of drug-likeness (QED) is 0.153. The van der Waals surface area contributed by atoms with Gasteiger partial charge in [0.05, 0.1) is 0 Å². The molecule has 0 aromatic heterocycles. The zero-order valence-electron chi connectivity index (χ0n) is 17.6. The van der Waals surface area contributed by atoms with Crippen molar-refractivity contribution < 1.29 is 9.47 Å². The second-order valence-corrected chi connectivity index (χ2v) is 22.3. The molecule has 0 bridgehead atoms. The van der Waals surface area contributed by atoms with Crippen molar-refractivity contribution in [3.05, 3.63) is 12.2 Å². The van der Waals surface area contributed by atoms with Crippen molar-refractivity contribution in [2.45, 2.75) is 97.0 Å². The standard InChI is InChI=1S/C9H17O2.3C4H9.Sn/c1-8(2)5-6-9(3)11-7-10-4;3*1-3-4-2;/h5-6,8H,7H2,1-4H3;3*1,3-4H2,2H3;/b6-5+;;;;. The zero-order valence-corrected chi connectivity index (χ0v) is 20.5. The third-order valence-electron chi connectivity index (χ3n) is 5.36. The second kappa shape index (κ2) is 13.6. The van der Waals surface area contributed by atoms with Crippen LogP contribution < -0.4 is 0 Å². The number of unbranched alkanes of at least 4 members (excludes halogenated alkanes) is 3. The SMILES string of the molecule is CCC[CH2][Sn]([CH2]CCC)([CH2]CCC)[C](C)(/C=C/C(C)C)OCOC. The number of ether oxygens (including phenoxy) is 2. The Labute approximate surface area is 156 Å². The first-order valence-electron chi connectivity index (χ1n) is 10.2. The first-order chi connectivity index (χ1) is 11.4. The summed E-state index contributed by atoms with van der Waals surface area (Å²) >= 11 is -2.53. The van der Waals surface area contributed by atoms with Crippen LogP contribution in [0.4, 0.5) is 0 Å². The molecular formula is C21H44O2Sn. The Hall–Kier alpha value is 0.459. The molecule has 0 radical (unpaired) electrons. The van der Waals surface area contributed by atoms with Crippen LogP contribution in [0.25, 0.3) is 0 Å². The average Bonchev–Trinajstić information content (AvgIpc) is 2.57. The molecule has 0 aliphatic heterocycles. The van der Waals surface area contributed by atoms with Gasteiger partial charge >= 0.3 is 157 Å². The molecular weight excluding hydrogens is 403 g/mol. The first kappa shape index (κ1) is 24.5. The summed E-state index contributed by atoms with van der Waals surface area (Å²) in [4.78, 5) is 0. The van der Waals surface area contributed by atoms with Gasteiger partial charge in [-0.25, -0.2) is 0 Å². The first-order valence-corrected chi connectivity index (χ1v) is 17.7. The third-order valence-corrected chi connectivity index (χ3v) is 23.5. The fourth-order valence-electron chi connectivity index (χ4n) is 3.60. The van der Waals surface area contributed by atoms with E-state index < -0.39 is 18.4 Å². The Balaban J connectivity index is 5.75. The van der Waals surface area contributed by atoms with E-state index in [-0.39, 0.29) is 3.62 Å². The van der Waals surface area contributed by atoms with Crippen LogP contribution >= 0.6 is 0 Å². The number of rotatable bonds is 15. The van der Waals surface area contributed by atoms with Crippen LogP contribution in [0.3, 0.4) is 0 Å². The van der Waals surface area contributed by atoms with Crippen LogP contribution in [0.15, 0.2) is 12.2 Å². The van der Waals surface area contributed by atoms with Gasteiger partial charge in [-0.15, -0.1) is 0 Å². The van der Waals surface area contributed by atoms with Crippen molar-refractivity contribution in [2.24, 2.45) is 5.92 Å². The van der Waals surface area contributed by atoms with Crippen molar-refractivity contribution >= 4 is 18.4 Å². The number of hydrogen-bond acceptors (Lipinski definition) is 2. The minimum atomic E-state index is -2.53. The van der Waals surface area contributed by atoms with E-state index in [2.05, 4.69) is 53.7 Å². The van der Waals surface area contributed by atoms with Crippen LogP contribution in [-0.2, 0) is 9.47 Å². The van der Waals surface area contributed by atoms with E-state index in [0.29, 0.717) is 12.7 Å². The molecule has 0 aromatic carbocycles. The van der Waals surface area contributed by atoms with Gasteiger partial charge in [-0.2, -0.15) is 0 Å². The third kappa shape index (κ3) is 8.23. The summed E-state index contributed by atoms with van der Waals surface area (Å²) in [6.45, 7) is 14.3. The number of hydrogen-bond donors (Lipinski definition) is 0. The monoisotopic (exact) mass is 448 g/mol. The molecule has 0 aliphatic carbocycles. The molecule has 144 valence electrons. The molecule has 2 nitrogen and oxygen atoms in total. The van der Waals surface area contributed by atoms with Gasteiger partial charge in [-0.05, 0) is 0 Å². The molecule has 0 saturated carbocycles. The molecule has 1 unspecified atom stereocenters. The molecule has 0 aliphatic rings. The summed E-state index contributed by atoms with van der Waals surface area (Å²) in [5.74, 6) is 0.572. The Morgan fingerprint density at radius 2 is 1.38 bits per heavy atom. The Morgan fingerprint density at radius 3 is 1.71 bits per heavy atom. The van der Waals surface area contributed by atoms with E-state index in [0.717, 1.165) is 0 Å². The van der Waals surface area contributed by atoms with Gasteiger partial charge in [-0.1, -0.05) is 0 Å². The van der Waals surface area contributed by atoms with Gasteiger partial charge in [0.1, 0.15) is 0 Å². The molecule has 1 atom stereocenters. The summed E-state index contributed by atoms with van der Waals surface area (Å²) in [6, 6.07) is 0. The van der Waals surface area contributed by atoms with E-state index in [4.69, 9.17) is 9.47 Å². The van der Waals surface area contributed by atoms with Gasteiger partial charge in [0.2, 0.25) is 0 Å². The number of methoxy groups -OCH3 is 1. The topological polar surface area (TPSA) is 18.5 Å². The van der Waals surface area contributed by atoms with Gasteiger partial charge in [-0.3, -0.25) is 0 Å². The predicted molar refractivity (Wildman–Crippen MR) is 110 cm³/mol. The van der Waals surface area contributed by atoms with Crippen LogP contribution in [-0.4, -0.2) is 35.9 Å². The van der Waals surface area contributed by atoms with Crippen molar-refractivity contribution in [2.75, 3.05) is 13.9 Å². The van der Waals surface area contributed by atoms with E-state index in [1.807, 2.05) is 0 Å². The van der Waals surface area contributed by atoms with E-state index >= 15 is 0 Å². The van der Waals surface area contributed by atoms with E-state index in [9.17, 15) is 0 Å². The van der Waals surface area contributed by atoms with Gasteiger partial charge in [0.15, 0.2) is 0 Å². The molecule has 0 spiro atoms. The van der Waals surface area contributed by atoms with Gasteiger partial charge < -0.3 is 0 Å². The molecule has 24 heavy (non-hydrogen) atoms. The summed E-state index contributed by atoms with van der Waals surface area (Å²) in [6.07, 6.45) is 12.8. The minimum absolute atomic E-state index is 0.0472. The molecule has 0 fully saturated rings. The summed E-state index contributed by atoms with van der Waals surface area (Å²) < 4.78 is 16.1. The van der Waals surface area contributed by atoms with Crippen LogP contribution in [0.5, 0.6) is 0 Å². The van der Waals surface area contributed by atoms with Gasteiger partial charge in [0, 0.05) is 0 Å². The predicted octanol–water partition coefficient (Wildman–Crippen LogP) is 6.97. The summed E-state index contributed by atoms with van der Waals surface area (Å²) in [7, 11) is 1.74. The van der Waals surface area contributed by atoms with E-state index in [1.165, 1.54) is 51.8 Å². The maximum atomic E-state index is 6.47. The second-order valence-electron chi connectivity index (χ2n) is 7.85. The van der Waals surface area contributed by atoms with Crippen LogP contribution in [0.1, 0.15) is 80.1 Å². The number of allylic oxidation sites excluding steroid dienone is 1. The maximum absolute atomic E-state index is 6.47. The van der Waals surface area contributed by atoms with Crippen LogP contribution in [0, 0.1) is 5.92 Å². The fourth-order valence-corrected chi connectivity index (χ4v) is 21.1. The molecule has 0 aromatic rings. The summed E-state index contributed by atoms with van der Waals surface area (Å²) in [5.41, 5.74) is 0. The van der Waals surface area contributed by atoms with Crippen molar-refractivity contribution in [3.8, 4) is 0 Å². The zero-order chi connectivity index (χ0) is 18.5. The normalized spacial score (nSPS) is 15.3. The molecule has 3 heteroatoms. The Kier molecular flexibility index (Phi) is 13.9. The molecule has 0 N–H and O–H groups in total. The van der Waals surface area contributed by atoms with E-state index in [1.54, 1.807) is 7.11 Å². The molecule has 0 saturated heterocycles. The van der Waals surface area contributed by atoms with Crippen molar-refractivity contribution in [1.29, 1.82) is 0 Å². The summed E-state index contributed by atoms with van der Waals surface area (Å²) in [5, 5.41) is 0. The molecule has 0 amide bonds. The Bertz CT molecular complexity index is 306. The van der Waals surface area contributed by atoms with Crippen molar-refractivity contribution in [3.63, 3.8) is 0 Å². The Morgan fingerprint density at radius 1 is 0.917 bits per heavy atom. The molecule has 0 rings (SSSR count). The fraction of sp³-hybridized carbons (Fsp3) is 0.905. The average molecular weight is 447 g/mol. The van der Waals surface area contributed by atoms with Crippen molar-refractivity contribution in [1.82, 2.24) is 0 Å². The molecule has 0 heterocycles. The van der Waals surface area contributed by atoms with Crippen LogP contribution in [0.2, 0.25) is 13.3 Å². The van der Waals surface area contributed by atoms with Gasteiger partial charge in [0.25, 0.3) is 0 Å².